The van der Waals surface area contributed by atoms with Gasteiger partial charge in [-0.05, 0) is 29.8 Å². The maximum Gasteiger partial charge on any atom is 0.244 e. The van der Waals surface area contributed by atoms with E-state index in [1.54, 1.807) is 18.5 Å². The summed E-state index contributed by atoms with van der Waals surface area (Å²) in [6.45, 7) is 1.54. The van der Waals surface area contributed by atoms with E-state index in [4.69, 9.17) is 11.6 Å². The second-order valence-electron chi connectivity index (χ2n) is 4.91. The lowest BCUT2D eigenvalue weighted by atomic mass is 10.2. The lowest BCUT2D eigenvalue weighted by molar-refractivity contribution is -0.133. The summed E-state index contributed by atoms with van der Waals surface area (Å²) in [6.07, 6.45) is 3.26. The van der Waals surface area contributed by atoms with Crippen molar-refractivity contribution in [1.82, 2.24) is 9.88 Å². The molecule has 2 rings (SSSR count). The van der Waals surface area contributed by atoms with Crippen molar-refractivity contribution in [3.8, 4) is 0 Å². The van der Waals surface area contributed by atoms with E-state index < -0.39 is 11.7 Å². The Bertz CT molecular complexity index is 710. The summed E-state index contributed by atoms with van der Waals surface area (Å²) in [6, 6.07) is 7.46. The van der Waals surface area contributed by atoms with Crippen LogP contribution in [0.1, 0.15) is 12.5 Å². The number of pyridine rings is 1. The number of amides is 2. The molecule has 2 amide bonds. The number of nitrogens with zero attached hydrogens (tertiary/aromatic N) is 2. The van der Waals surface area contributed by atoms with Gasteiger partial charge < -0.3 is 10.2 Å². The maximum absolute atomic E-state index is 13.1. The highest BCUT2D eigenvalue weighted by Crippen LogP contribution is 2.19. The lowest BCUT2D eigenvalue weighted by Gasteiger charge is -2.20. The highest BCUT2D eigenvalue weighted by atomic mass is 35.5. The number of anilines is 1. The van der Waals surface area contributed by atoms with Gasteiger partial charge in [0, 0.05) is 31.5 Å². The molecular weight excluding hydrogens is 321 g/mol. The minimum absolute atomic E-state index is 0.0819. The van der Waals surface area contributed by atoms with Gasteiger partial charge in [-0.25, -0.2) is 4.39 Å². The van der Waals surface area contributed by atoms with Crippen molar-refractivity contribution in [3.63, 3.8) is 0 Å². The molecule has 0 atom stereocenters. The molecule has 1 heterocycles. The Hall–Kier alpha value is -2.47. The third kappa shape index (κ3) is 5.03. The summed E-state index contributed by atoms with van der Waals surface area (Å²) in [5.41, 5.74) is 1.19. The first-order valence-corrected chi connectivity index (χ1v) is 7.23. The van der Waals surface area contributed by atoms with Gasteiger partial charge in [0.15, 0.2) is 0 Å². The molecule has 0 bridgehead atoms. The average Bonchev–Trinajstić information content (AvgIpc) is 2.51. The number of benzene rings is 1. The topological polar surface area (TPSA) is 62.3 Å². The summed E-state index contributed by atoms with van der Waals surface area (Å²) in [5.74, 6) is -1.19. The number of halogens is 2. The molecule has 5 nitrogen and oxygen atoms in total. The number of aromatic nitrogens is 1. The summed E-state index contributed by atoms with van der Waals surface area (Å²) in [4.78, 5) is 29.1. The van der Waals surface area contributed by atoms with Crippen LogP contribution >= 0.6 is 11.6 Å². The van der Waals surface area contributed by atoms with Crippen LogP contribution < -0.4 is 5.32 Å². The molecule has 0 saturated carbocycles. The Kier molecular flexibility index (Phi) is 5.65. The fourth-order valence-corrected chi connectivity index (χ4v) is 2.12. The van der Waals surface area contributed by atoms with Gasteiger partial charge in [-0.2, -0.15) is 0 Å². The van der Waals surface area contributed by atoms with Gasteiger partial charge in [0.2, 0.25) is 11.8 Å². The number of hydrogen-bond donors (Lipinski definition) is 1. The molecule has 2 aromatic rings. The van der Waals surface area contributed by atoms with Crippen molar-refractivity contribution in [1.29, 1.82) is 0 Å². The van der Waals surface area contributed by atoms with Gasteiger partial charge in [0.1, 0.15) is 12.4 Å². The summed E-state index contributed by atoms with van der Waals surface area (Å²) in [5, 5.41) is 2.50. The number of hydrogen-bond acceptors (Lipinski definition) is 3. The first kappa shape index (κ1) is 16.9. The Morgan fingerprint density at radius 1 is 1.35 bits per heavy atom. The van der Waals surface area contributed by atoms with Crippen LogP contribution in [0.25, 0.3) is 0 Å². The quantitative estimate of drug-likeness (QED) is 0.914. The monoisotopic (exact) mass is 335 g/mol. The highest BCUT2D eigenvalue weighted by Gasteiger charge is 2.15. The number of rotatable bonds is 5. The molecule has 0 aliphatic heterocycles. The van der Waals surface area contributed by atoms with Crippen LogP contribution in [0.3, 0.4) is 0 Å². The van der Waals surface area contributed by atoms with Crippen LogP contribution in [0, 0.1) is 5.82 Å². The van der Waals surface area contributed by atoms with E-state index >= 15 is 0 Å². The fourth-order valence-electron chi connectivity index (χ4n) is 1.94. The van der Waals surface area contributed by atoms with E-state index in [9.17, 15) is 14.0 Å². The van der Waals surface area contributed by atoms with Gasteiger partial charge in [-0.1, -0.05) is 17.7 Å². The molecule has 1 aromatic heterocycles. The first-order valence-electron chi connectivity index (χ1n) is 6.85. The SMILES string of the molecule is CC(=O)N(CC(=O)Nc1ccc(F)c(Cl)c1)Cc1cccnc1. The fraction of sp³-hybridized carbons (Fsp3) is 0.188. The zero-order chi connectivity index (χ0) is 16.8. The minimum atomic E-state index is -0.563. The van der Waals surface area contributed by atoms with Crippen molar-refractivity contribution in [2.45, 2.75) is 13.5 Å². The van der Waals surface area contributed by atoms with E-state index in [1.807, 2.05) is 6.07 Å². The first-order chi connectivity index (χ1) is 11.0. The summed E-state index contributed by atoms with van der Waals surface area (Å²) >= 11 is 5.66. The largest absolute Gasteiger partial charge is 0.329 e. The van der Waals surface area contributed by atoms with Crippen LogP contribution in [0.5, 0.6) is 0 Å². The van der Waals surface area contributed by atoms with Gasteiger partial charge in [0.05, 0.1) is 5.02 Å². The van der Waals surface area contributed by atoms with Gasteiger partial charge in [-0.3, -0.25) is 14.6 Å². The van der Waals surface area contributed by atoms with Crippen LogP contribution in [0.4, 0.5) is 10.1 Å². The summed E-state index contributed by atoms with van der Waals surface area (Å²) < 4.78 is 13.1. The van der Waals surface area contributed by atoms with Crippen LogP contribution in [-0.4, -0.2) is 28.2 Å². The Balaban J connectivity index is 2.00. The molecule has 0 unspecified atom stereocenters. The maximum atomic E-state index is 13.1. The van der Waals surface area contributed by atoms with Gasteiger partial charge >= 0.3 is 0 Å². The minimum Gasteiger partial charge on any atom is -0.329 e. The van der Waals surface area contributed by atoms with Crippen molar-refractivity contribution >= 4 is 29.1 Å². The third-order valence-electron chi connectivity index (χ3n) is 3.08. The molecule has 0 aliphatic carbocycles. The second-order valence-corrected chi connectivity index (χ2v) is 5.32. The van der Waals surface area contributed by atoms with Gasteiger partial charge in [-0.15, -0.1) is 0 Å². The Morgan fingerprint density at radius 2 is 2.13 bits per heavy atom. The summed E-state index contributed by atoms with van der Waals surface area (Å²) in [7, 11) is 0. The van der Waals surface area contributed by atoms with Crippen molar-refractivity contribution in [2.75, 3.05) is 11.9 Å². The molecule has 1 aromatic carbocycles. The third-order valence-corrected chi connectivity index (χ3v) is 3.37. The van der Waals surface area contributed by atoms with Crippen LogP contribution in [0.15, 0.2) is 42.7 Å². The molecule has 0 aliphatic rings. The zero-order valence-corrected chi connectivity index (χ0v) is 13.2. The van der Waals surface area contributed by atoms with E-state index in [0.717, 1.165) is 11.6 Å². The number of carbonyl (C=O) groups is 2. The van der Waals surface area contributed by atoms with Crippen LogP contribution in [-0.2, 0) is 16.1 Å². The number of carbonyl (C=O) groups excluding carboxylic acids is 2. The molecular formula is C16H15ClFN3O2. The van der Waals surface area contributed by atoms with E-state index in [0.29, 0.717) is 5.69 Å². The lowest BCUT2D eigenvalue weighted by Crippen LogP contribution is -2.36. The average molecular weight is 336 g/mol. The predicted molar refractivity (Wildman–Crippen MR) is 85.4 cm³/mol. The molecule has 120 valence electrons. The molecule has 0 saturated heterocycles. The number of nitrogens with one attached hydrogen (secondary N) is 1. The standard InChI is InChI=1S/C16H15ClFN3O2/c1-11(22)21(9-12-3-2-6-19-8-12)10-16(23)20-13-4-5-15(18)14(17)7-13/h2-8H,9-10H2,1H3,(H,20,23). The molecule has 0 spiro atoms. The zero-order valence-electron chi connectivity index (χ0n) is 12.4. The van der Waals surface area contributed by atoms with Crippen molar-refractivity contribution in [2.24, 2.45) is 0 Å². The van der Waals surface area contributed by atoms with Crippen LogP contribution in [0.2, 0.25) is 5.02 Å². The van der Waals surface area contributed by atoms with Gasteiger partial charge in [0.25, 0.3) is 0 Å². The van der Waals surface area contributed by atoms with Crippen molar-refractivity contribution < 1.29 is 14.0 Å². The Morgan fingerprint density at radius 3 is 2.74 bits per heavy atom. The predicted octanol–water partition coefficient (Wildman–Crippen LogP) is 2.86. The van der Waals surface area contributed by atoms with E-state index in [1.165, 1.54) is 24.0 Å². The van der Waals surface area contributed by atoms with Crippen molar-refractivity contribution in [3.05, 3.63) is 59.1 Å². The molecule has 7 heteroatoms. The Labute approximate surface area is 138 Å². The van der Waals surface area contributed by atoms with E-state index in [2.05, 4.69) is 10.3 Å². The molecule has 0 fully saturated rings. The smallest absolute Gasteiger partial charge is 0.244 e. The molecule has 23 heavy (non-hydrogen) atoms. The highest BCUT2D eigenvalue weighted by molar-refractivity contribution is 6.31. The second kappa shape index (κ2) is 7.69. The molecule has 1 N–H and O–H groups in total. The normalized spacial score (nSPS) is 10.2. The molecule has 0 radical (unpaired) electrons. The van der Waals surface area contributed by atoms with E-state index in [-0.39, 0.29) is 24.0 Å².